The van der Waals surface area contributed by atoms with E-state index in [1.54, 1.807) is 28.0 Å². The third-order valence-electron chi connectivity index (χ3n) is 4.81. The standard InChI is InChI=1S/C21H22Cl2N2O3/c22-17-11-16(12-18(23)13-17)20(27)25-8-4-7-19(25)21(28)24(9-10-26)14-15-5-2-1-3-6-15/h1-3,5-6,11-13,19,26H,4,7-10,14H2. The number of carbonyl (C=O) groups excluding carboxylic acids is 2. The third kappa shape index (κ3) is 4.85. The fraction of sp³-hybridized carbons (Fsp3) is 0.333. The number of benzene rings is 2. The summed E-state index contributed by atoms with van der Waals surface area (Å²) in [6.45, 7) is 0.970. The van der Waals surface area contributed by atoms with Crippen molar-refractivity contribution >= 4 is 35.0 Å². The number of aliphatic hydroxyl groups excluding tert-OH is 1. The van der Waals surface area contributed by atoms with Crippen LogP contribution in [-0.4, -0.2) is 52.5 Å². The molecule has 7 heteroatoms. The summed E-state index contributed by atoms with van der Waals surface area (Å²) in [6, 6.07) is 13.7. The number of rotatable bonds is 6. The van der Waals surface area contributed by atoms with Crippen LogP contribution >= 0.6 is 23.2 Å². The summed E-state index contributed by atoms with van der Waals surface area (Å²) in [4.78, 5) is 29.4. The molecule has 1 N–H and O–H groups in total. The minimum Gasteiger partial charge on any atom is -0.395 e. The van der Waals surface area contributed by atoms with E-state index >= 15 is 0 Å². The van der Waals surface area contributed by atoms with Crippen molar-refractivity contribution in [3.05, 3.63) is 69.7 Å². The van der Waals surface area contributed by atoms with E-state index in [-0.39, 0.29) is 25.0 Å². The number of hydrogen-bond donors (Lipinski definition) is 1. The molecular weight excluding hydrogens is 399 g/mol. The third-order valence-corrected chi connectivity index (χ3v) is 5.24. The lowest BCUT2D eigenvalue weighted by atomic mass is 10.1. The van der Waals surface area contributed by atoms with Gasteiger partial charge in [-0.2, -0.15) is 0 Å². The Labute approximate surface area is 174 Å². The van der Waals surface area contributed by atoms with Gasteiger partial charge in [-0.15, -0.1) is 0 Å². The normalized spacial score (nSPS) is 16.2. The first-order valence-corrected chi connectivity index (χ1v) is 9.96. The van der Waals surface area contributed by atoms with Gasteiger partial charge in [-0.05, 0) is 36.6 Å². The molecule has 2 aromatic rings. The molecule has 148 valence electrons. The Morgan fingerprint density at radius 1 is 1.11 bits per heavy atom. The van der Waals surface area contributed by atoms with E-state index < -0.39 is 6.04 Å². The van der Waals surface area contributed by atoms with Gasteiger partial charge < -0.3 is 14.9 Å². The first-order valence-electron chi connectivity index (χ1n) is 9.20. The van der Waals surface area contributed by atoms with Gasteiger partial charge >= 0.3 is 0 Å². The van der Waals surface area contributed by atoms with E-state index in [0.29, 0.717) is 35.1 Å². The van der Waals surface area contributed by atoms with Crippen LogP contribution in [0.2, 0.25) is 10.0 Å². The molecule has 2 aromatic carbocycles. The van der Waals surface area contributed by atoms with Crippen molar-refractivity contribution in [3.8, 4) is 0 Å². The summed E-state index contributed by atoms with van der Waals surface area (Å²) < 4.78 is 0. The van der Waals surface area contributed by atoms with Crippen LogP contribution in [0.4, 0.5) is 0 Å². The van der Waals surface area contributed by atoms with E-state index in [2.05, 4.69) is 0 Å². The fourth-order valence-corrected chi connectivity index (χ4v) is 4.04. The van der Waals surface area contributed by atoms with Crippen LogP contribution in [-0.2, 0) is 11.3 Å². The lowest BCUT2D eigenvalue weighted by molar-refractivity contribution is -0.136. The number of nitrogens with zero attached hydrogens (tertiary/aromatic N) is 2. The highest BCUT2D eigenvalue weighted by Crippen LogP contribution is 2.25. The summed E-state index contributed by atoms with van der Waals surface area (Å²) in [7, 11) is 0. The SMILES string of the molecule is O=C(C1CCCN1C(=O)c1cc(Cl)cc(Cl)c1)N(CCO)Cc1ccccc1. The molecule has 0 aromatic heterocycles. The van der Waals surface area contributed by atoms with Crippen LogP contribution in [0.5, 0.6) is 0 Å². The number of likely N-dealkylation sites (tertiary alicyclic amines) is 1. The second-order valence-electron chi connectivity index (χ2n) is 6.78. The molecule has 1 fully saturated rings. The quantitative estimate of drug-likeness (QED) is 0.775. The van der Waals surface area contributed by atoms with Gasteiger partial charge in [0.1, 0.15) is 6.04 Å². The number of carbonyl (C=O) groups is 2. The molecule has 5 nitrogen and oxygen atoms in total. The van der Waals surface area contributed by atoms with Crippen molar-refractivity contribution in [2.45, 2.75) is 25.4 Å². The summed E-state index contributed by atoms with van der Waals surface area (Å²) in [5.41, 5.74) is 1.34. The van der Waals surface area contributed by atoms with E-state index in [1.165, 1.54) is 0 Å². The molecule has 1 unspecified atom stereocenters. The summed E-state index contributed by atoms with van der Waals surface area (Å²) in [5, 5.41) is 10.2. The van der Waals surface area contributed by atoms with Crippen molar-refractivity contribution in [2.24, 2.45) is 0 Å². The van der Waals surface area contributed by atoms with Gasteiger partial charge in [0.25, 0.3) is 5.91 Å². The molecule has 1 aliphatic rings. The van der Waals surface area contributed by atoms with Gasteiger partial charge in [0.05, 0.1) is 6.61 Å². The maximum Gasteiger partial charge on any atom is 0.254 e. The van der Waals surface area contributed by atoms with E-state index in [0.717, 1.165) is 12.0 Å². The van der Waals surface area contributed by atoms with Gasteiger partial charge in [-0.1, -0.05) is 53.5 Å². The van der Waals surface area contributed by atoms with Crippen LogP contribution in [0.3, 0.4) is 0 Å². The highest BCUT2D eigenvalue weighted by atomic mass is 35.5. The molecule has 0 radical (unpaired) electrons. The Morgan fingerprint density at radius 3 is 2.43 bits per heavy atom. The number of amides is 2. The van der Waals surface area contributed by atoms with Crippen molar-refractivity contribution in [1.29, 1.82) is 0 Å². The Bertz CT molecular complexity index is 825. The van der Waals surface area contributed by atoms with Crippen LogP contribution in [0.15, 0.2) is 48.5 Å². The predicted octanol–water partition coefficient (Wildman–Crippen LogP) is 3.62. The number of hydrogen-bond acceptors (Lipinski definition) is 3. The Hall–Kier alpha value is -2.08. The number of aliphatic hydroxyl groups is 1. The van der Waals surface area contributed by atoms with Gasteiger partial charge in [0.2, 0.25) is 5.91 Å². The molecule has 28 heavy (non-hydrogen) atoms. The molecule has 0 bridgehead atoms. The molecular formula is C21H22Cl2N2O3. The molecule has 1 heterocycles. The lowest BCUT2D eigenvalue weighted by Crippen LogP contribution is -2.48. The van der Waals surface area contributed by atoms with Crippen molar-refractivity contribution in [3.63, 3.8) is 0 Å². The summed E-state index contributed by atoms with van der Waals surface area (Å²) in [6.07, 6.45) is 1.34. The van der Waals surface area contributed by atoms with Gasteiger partial charge in [0.15, 0.2) is 0 Å². The zero-order chi connectivity index (χ0) is 20.1. The molecule has 0 spiro atoms. The van der Waals surface area contributed by atoms with E-state index in [4.69, 9.17) is 23.2 Å². The molecule has 1 saturated heterocycles. The highest BCUT2D eigenvalue weighted by Gasteiger charge is 2.37. The summed E-state index contributed by atoms with van der Waals surface area (Å²) >= 11 is 12.0. The smallest absolute Gasteiger partial charge is 0.254 e. The van der Waals surface area contributed by atoms with Crippen molar-refractivity contribution in [2.75, 3.05) is 19.7 Å². The zero-order valence-electron chi connectivity index (χ0n) is 15.4. The van der Waals surface area contributed by atoms with Crippen molar-refractivity contribution < 1.29 is 14.7 Å². The Balaban J connectivity index is 1.79. The van der Waals surface area contributed by atoms with E-state index in [1.807, 2.05) is 30.3 Å². The molecule has 0 saturated carbocycles. The molecule has 2 amide bonds. The zero-order valence-corrected chi connectivity index (χ0v) is 16.9. The predicted molar refractivity (Wildman–Crippen MR) is 109 cm³/mol. The van der Waals surface area contributed by atoms with Gasteiger partial charge in [0, 0.05) is 35.2 Å². The molecule has 3 rings (SSSR count). The largest absolute Gasteiger partial charge is 0.395 e. The van der Waals surface area contributed by atoms with E-state index in [9.17, 15) is 14.7 Å². The Kier molecular flexibility index (Phi) is 6.94. The average Bonchev–Trinajstić information content (AvgIpc) is 3.16. The first kappa shape index (κ1) is 20.6. The summed E-state index contributed by atoms with van der Waals surface area (Å²) in [5.74, 6) is -0.416. The second kappa shape index (κ2) is 9.41. The van der Waals surface area contributed by atoms with Crippen LogP contribution in [0.1, 0.15) is 28.8 Å². The topological polar surface area (TPSA) is 60.9 Å². The molecule has 0 aliphatic carbocycles. The second-order valence-corrected chi connectivity index (χ2v) is 7.66. The average molecular weight is 421 g/mol. The first-order chi connectivity index (χ1) is 13.5. The highest BCUT2D eigenvalue weighted by molar-refractivity contribution is 6.35. The van der Waals surface area contributed by atoms with Crippen LogP contribution in [0.25, 0.3) is 0 Å². The molecule has 1 aliphatic heterocycles. The minimum atomic E-state index is -0.555. The van der Waals surface area contributed by atoms with Crippen LogP contribution in [0, 0.1) is 0 Å². The lowest BCUT2D eigenvalue weighted by Gasteiger charge is -2.30. The van der Waals surface area contributed by atoms with Gasteiger partial charge in [-0.3, -0.25) is 9.59 Å². The maximum absolute atomic E-state index is 13.2. The fourth-order valence-electron chi connectivity index (χ4n) is 3.51. The van der Waals surface area contributed by atoms with Gasteiger partial charge in [-0.25, -0.2) is 0 Å². The van der Waals surface area contributed by atoms with Crippen LogP contribution < -0.4 is 0 Å². The maximum atomic E-state index is 13.2. The number of halogens is 2. The monoisotopic (exact) mass is 420 g/mol. The minimum absolute atomic E-state index is 0.136. The van der Waals surface area contributed by atoms with Crippen molar-refractivity contribution in [1.82, 2.24) is 9.80 Å². The molecule has 1 atom stereocenters. The Morgan fingerprint density at radius 2 is 1.79 bits per heavy atom.